The number of esters is 1. The third kappa shape index (κ3) is 4.83. The molecule has 0 amide bonds. The highest BCUT2D eigenvalue weighted by atomic mass is 16.5. The van der Waals surface area contributed by atoms with E-state index in [0.29, 0.717) is 5.75 Å². The van der Waals surface area contributed by atoms with Crippen LogP contribution in [-0.2, 0) is 15.0 Å². The lowest BCUT2D eigenvalue weighted by Gasteiger charge is -2.26. The standard InChI is InChI=1S/C20H23NO5/c1-20(2,13-3-7-15(22)8-4-13)14-5-9-16(10-6-14)26-18(23)12-11-17(21)19(24)25/h3-10,17,22H,11-12,21H2,1-2H3,(H,24,25). The summed E-state index contributed by atoms with van der Waals surface area (Å²) in [5, 5.41) is 18.1. The molecule has 6 heteroatoms. The number of aromatic hydroxyl groups is 1. The molecule has 0 radical (unpaired) electrons. The van der Waals surface area contributed by atoms with Gasteiger partial charge in [0, 0.05) is 11.8 Å². The highest BCUT2D eigenvalue weighted by Gasteiger charge is 2.23. The minimum absolute atomic E-state index is 0.0279. The van der Waals surface area contributed by atoms with Gasteiger partial charge in [-0.2, -0.15) is 0 Å². The number of phenols is 1. The summed E-state index contributed by atoms with van der Waals surface area (Å²) in [6.07, 6.45) is -0.0334. The number of benzene rings is 2. The lowest BCUT2D eigenvalue weighted by Crippen LogP contribution is -2.31. The SMILES string of the molecule is CC(C)(c1ccc(O)cc1)c1ccc(OC(=O)CCC(N)C(=O)O)cc1. The van der Waals surface area contributed by atoms with Crippen LogP contribution in [0.2, 0.25) is 0 Å². The number of hydrogen-bond acceptors (Lipinski definition) is 5. The molecule has 1 atom stereocenters. The zero-order valence-corrected chi connectivity index (χ0v) is 14.8. The number of phenolic OH excluding ortho intramolecular Hbond substituents is 1. The van der Waals surface area contributed by atoms with E-state index in [-0.39, 0.29) is 24.0 Å². The van der Waals surface area contributed by atoms with Gasteiger partial charge in [0.2, 0.25) is 0 Å². The van der Waals surface area contributed by atoms with Gasteiger partial charge in [-0.3, -0.25) is 9.59 Å². The molecule has 0 bridgehead atoms. The predicted octanol–water partition coefficient (Wildman–Crippen LogP) is 2.82. The first-order valence-electron chi connectivity index (χ1n) is 8.29. The Morgan fingerprint density at radius 3 is 2.04 bits per heavy atom. The molecule has 0 fully saturated rings. The Hall–Kier alpha value is -2.86. The number of carboxylic acid groups (broad SMARTS) is 1. The molecule has 0 spiro atoms. The summed E-state index contributed by atoms with van der Waals surface area (Å²) in [7, 11) is 0. The molecule has 0 aromatic heterocycles. The molecule has 4 N–H and O–H groups in total. The van der Waals surface area contributed by atoms with Gasteiger partial charge in [0.15, 0.2) is 0 Å². The minimum atomic E-state index is -1.14. The summed E-state index contributed by atoms with van der Waals surface area (Å²) < 4.78 is 5.21. The molecule has 0 aliphatic heterocycles. The van der Waals surface area contributed by atoms with Crippen molar-refractivity contribution in [3.63, 3.8) is 0 Å². The Morgan fingerprint density at radius 2 is 1.54 bits per heavy atom. The average Bonchev–Trinajstić information content (AvgIpc) is 2.60. The van der Waals surface area contributed by atoms with Gasteiger partial charge in [-0.05, 0) is 41.8 Å². The lowest BCUT2D eigenvalue weighted by atomic mass is 9.78. The zero-order chi connectivity index (χ0) is 19.3. The summed E-state index contributed by atoms with van der Waals surface area (Å²) in [5.41, 5.74) is 7.15. The lowest BCUT2D eigenvalue weighted by molar-refractivity contribution is -0.139. The third-order valence-electron chi connectivity index (χ3n) is 4.37. The van der Waals surface area contributed by atoms with Crippen LogP contribution in [0.15, 0.2) is 48.5 Å². The predicted molar refractivity (Wildman–Crippen MR) is 97.2 cm³/mol. The van der Waals surface area contributed by atoms with Crippen molar-refractivity contribution in [1.82, 2.24) is 0 Å². The Morgan fingerprint density at radius 1 is 1.04 bits per heavy atom. The van der Waals surface area contributed by atoms with E-state index >= 15 is 0 Å². The van der Waals surface area contributed by atoms with Crippen molar-refractivity contribution in [3.8, 4) is 11.5 Å². The zero-order valence-electron chi connectivity index (χ0n) is 14.8. The number of carbonyl (C=O) groups is 2. The maximum Gasteiger partial charge on any atom is 0.320 e. The largest absolute Gasteiger partial charge is 0.508 e. The van der Waals surface area contributed by atoms with Crippen molar-refractivity contribution in [2.75, 3.05) is 0 Å². The number of carboxylic acids is 1. The molecule has 0 aliphatic carbocycles. The van der Waals surface area contributed by atoms with Crippen LogP contribution in [0.5, 0.6) is 11.5 Å². The molecule has 26 heavy (non-hydrogen) atoms. The minimum Gasteiger partial charge on any atom is -0.508 e. The van der Waals surface area contributed by atoms with E-state index in [1.165, 1.54) is 0 Å². The molecule has 0 aliphatic rings. The van der Waals surface area contributed by atoms with Crippen LogP contribution in [0.4, 0.5) is 0 Å². The van der Waals surface area contributed by atoms with E-state index in [4.69, 9.17) is 15.6 Å². The van der Waals surface area contributed by atoms with Crippen LogP contribution in [0, 0.1) is 0 Å². The van der Waals surface area contributed by atoms with Gasteiger partial charge in [-0.1, -0.05) is 38.1 Å². The Kier molecular flexibility index (Phi) is 6.00. The van der Waals surface area contributed by atoms with Gasteiger partial charge in [0.1, 0.15) is 17.5 Å². The smallest absolute Gasteiger partial charge is 0.320 e. The van der Waals surface area contributed by atoms with E-state index in [9.17, 15) is 14.7 Å². The number of carbonyl (C=O) groups excluding carboxylic acids is 1. The number of ether oxygens (including phenoxy) is 1. The third-order valence-corrected chi connectivity index (χ3v) is 4.37. The van der Waals surface area contributed by atoms with Crippen LogP contribution >= 0.6 is 0 Å². The highest BCUT2D eigenvalue weighted by Crippen LogP contribution is 2.33. The monoisotopic (exact) mass is 357 g/mol. The van der Waals surface area contributed by atoms with Crippen LogP contribution < -0.4 is 10.5 Å². The maximum atomic E-state index is 11.8. The molecule has 0 heterocycles. The fourth-order valence-corrected chi connectivity index (χ4v) is 2.56. The van der Waals surface area contributed by atoms with E-state index < -0.39 is 18.0 Å². The van der Waals surface area contributed by atoms with Crippen molar-refractivity contribution in [3.05, 3.63) is 59.7 Å². The molecule has 0 saturated heterocycles. The molecular weight excluding hydrogens is 334 g/mol. The van der Waals surface area contributed by atoms with E-state index in [1.807, 2.05) is 24.3 Å². The van der Waals surface area contributed by atoms with Crippen LogP contribution in [0.1, 0.15) is 37.8 Å². The Balaban J connectivity index is 2.02. The van der Waals surface area contributed by atoms with Gasteiger partial charge in [-0.15, -0.1) is 0 Å². The second-order valence-electron chi connectivity index (χ2n) is 6.65. The summed E-state index contributed by atoms with van der Waals surface area (Å²) in [6, 6.07) is 13.1. The quantitative estimate of drug-likeness (QED) is 0.519. The topological polar surface area (TPSA) is 110 Å². The van der Waals surface area contributed by atoms with Crippen LogP contribution in [-0.4, -0.2) is 28.2 Å². The molecule has 2 aromatic rings. The molecule has 6 nitrogen and oxygen atoms in total. The normalized spacial score (nSPS) is 12.4. The Bertz CT molecular complexity index is 766. The molecule has 138 valence electrons. The first-order valence-corrected chi connectivity index (χ1v) is 8.29. The number of aliphatic carboxylic acids is 1. The molecule has 2 aromatic carbocycles. The van der Waals surface area contributed by atoms with E-state index in [0.717, 1.165) is 11.1 Å². The van der Waals surface area contributed by atoms with Crippen LogP contribution in [0.3, 0.4) is 0 Å². The van der Waals surface area contributed by atoms with E-state index in [1.54, 1.807) is 24.3 Å². The number of rotatable bonds is 7. The van der Waals surface area contributed by atoms with Crippen molar-refractivity contribution >= 4 is 11.9 Å². The van der Waals surface area contributed by atoms with Crippen molar-refractivity contribution in [2.45, 2.75) is 38.1 Å². The van der Waals surface area contributed by atoms with E-state index in [2.05, 4.69) is 13.8 Å². The van der Waals surface area contributed by atoms with Crippen molar-refractivity contribution < 1.29 is 24.5 Å². The van der Waals surface area contributed by atoms with Gasteiger partial charge >= 0.3 is 11.9 Å². The molecule has 2 rings (SSSR count). The van der Waals surface area contributed by atoms with Gasteiger partial charge in [0.05, 0.1) is 0 Å². The molecule has 0 saturated carbocycles. The van der Waals surface area contributed by atoms with Crippen LogP contribution in [0.25, 0.3) is 0 Å². The fourth-order valence-electron chi connectivity index (χ4n) is 2.56. The first-order chi connectivity index (χ1) is 12.2. The summed E-state index contributed by atoms with van der Waals surface area (Å²) in [5.74, 6) is -1.05. The Labute approximate surface area is 152 Å². The highest BCUT2D eigenvalue weighted by molar-refractivity contribution is 5.76. The second kappa shape index (κ2) is 8.01. The van der Waals surface area contributed by atoms with Gasteiger partial charge in [0.25, 0.3) is 0 Å². The average molecular weight is 357 g/mol. The first kappa shape index (κ1) is 19.5. The number of hydrogen-bond donors (Lipinski definition) is 3. The molecule has 1 unspecified atom stereocenters. The number of nitrogens with two attached hydrogens (primary N) is 1. The summed E-state index contributed by atoms with van der Waals surface area (Å²) in [4.78, 5) is 22.4. The second-order valence-corrected chi connectivity index (χ2v) is 6.65. The maximum absolute atomic E-state index is 11.8. The summed E-state index contributed by atoms with van der Waals surface area (Å²) >= 11 is 0. The van der Waals surface area contributed by atoms with Gasteiger partial charge in [-0.25, -0.2) is 0 Å². The molecular formula is C20H23NO5. The fraction of sp³-hybridized carbons (Fsp3) is 0.300. The summed E-state index contributed by atoms with van der Waals surface area (Å²) in [6.45, 7) is 4.13. The van der Waals surface area contributed by atoms with Gasteiger partial charge < -0.3 is 20.7 Å². The van der Waals surface area contributed by atoms with Crippen molar-refractivity contribution in [2.24, 2.45) is 5.73 Å². The van der Waals surface area contributed by atoms with Crippen molar-refractivity contribution in [1.29, 1.82) is 0 Å².